The van der Waals surface area contributed by atoms with Crippen LogP contribution in [0.15, 0.2) is 0 Å². The highest BCUT2D eigenvalue weighted by Crippen LogP contribution is 2.65. The molecule has 0 heterocycles. The van der Waals surface area contributed by atoms with Crippen LogP contribution in [0.3, 0.4) is 0 Å². The molecular formula is C20H34O2. The van der Waals surface area contributed by atoms with Crippen LogP contribution in [0.5, 0.6) is 0 Å². The van der Waals surface area contributed by atoms with Crippen LogP contribution in [0.4, 0.5) is 0 Å². The van der Waals surface area contributed by atoms with Crippen molar-refractivity contribution in [3.8, 4) is 0 Å². The predicted molar refractivity (Wildman–Crippen MR) is 88.4 cm³/mol. The van der Waals surface area contributed by atoms with Crippen molar-refractivity contribution in [1.29, 1.82) is 0 Å². The molecule has 0 unspecified atom stereocenters. The van der Waals surface area contributed by atoms with E-state index in [1.54, 1.807) is 0 Å². The second-order valence-electron chi connectivity index (χ2n) is 9.28. The molecule has 4 aliphatic carbocycles. The van der Waals surface area contributed by atoms with Gasteiger partial charge in [-0.1, -0.05) is 13.8 Å². The monoisotopic (exact) mass is 306 g/mol. The van der Waals surface area contributed by atoms with Crippen LogP contribution in [0, 0.1) is 35.0 Å². The maximum absolute atomic E-state index is 11.2. The second kappa shape index (κ2) is 5.21. The minimum absolute atomic E-state index is 0.0247. The summed E-state index contributed by atoms with van der Waals surface area (Å²) in [5.74, 6) is 4.17. The molecular weight excluding hydrogens is 272 g/mol. The number of aliphatic hydroxyl groups excluding tert-OH is 1. The summed E-state index contributed by atoms with van der Waals surface area (Å²) in [7, 11) is 0. The zero-order valence-electron chi connectivity index (χ0n) is 14.4. The molecule has 0 saturated heterocycles. The minimum Gasteiger partial charge on any atom is -0.393 e. The molecule has 0 aromatic heterocycles. The number of fused-ring (bicyclic) bond motifs is 5. The van der Waals surface area contributed by atoms with Crippen LogP contribution >= 0.6 is 0 Å². The number of hydrogen-bond donors (Lipinski definition) is 2. The van der Waals surface area contributed by atoms with Gasteiger partial charge in [0.15, 0.2) is 0 Å². The van der Waals surface area contributed by atoms with Gasteiger partial charge in [0.05, 0.1) is 11.7 Å². The van der Waals surface area contributed by atoms with Gasteiger partial charge in [-0.05, 0) is 99.2 Å². The Morgan fingerprint density at radius 3 is 2.45 bits per heavy atom. The first-order valence-corrected chi connectivity index (χ1v) is 9.89. The van der Waals surface area contributed by atoms with Gasteiger partial charge in [0.2, 0.25) is 0 Å². The summed E-state index contributed by atoms with van der Waals surface area (Å²) in [5.41, 5.74) is -0.230. The Balaban J connectivity index is 1.58. The van der Waals surface area contributed by atoms with E-state index in [1.807, 2.05) is 0 Å². The Bertz CT molecular complexity index is 435. The SMILES string of the molecule is CC[C@]1(O)CC[C@@H]2[C@@H]3CC[C@@H]4C[C@H](O)CC[C@@H]4[C@H]3CC[C@]21C. The highest BCUT2D eigenvalue weighted by molar-refractivity contribution is 5.11. The van der Waals surface area contributed by atoms with E-state index in [0.717, 1.165) is 55.3 Å². The molecule has 22 heavy (non-hydrogen) atoms. The lowest BCUT2D eigenvalue weighted by atomic mass is 9.49. The Hall–Kier alpha value is -0.0800. The molecule has 2 N–H and O–H groups in total. The molecule has 0 bridgehead atoms. The summed E-state index contributed by atoms with van der Waals surface area (Å²) >= 11 is 0. The first kappa shape index (κ1) is 15.4. The van der Waals surface area contributed by atoms with Crippen molar-refractivity contribution in [2.24, 2.45) is 35.0 Å². The van der Waals surface area contributed by atoms with Crippen LogP contribution in [-0.4, -0.2) is 21.9 Å². The Kier molecular flexibility index (Phi) is 3.66. The first-order chi connectivity index (χ1) is 10.5. The molecule has 0 amide bonds. The van der Waals surface area contributed by atoms with Crippen molar-refractivity contribution >= 4 is 0 Å². The lowest BCUT2D eigenvalue weighted by molar-refractivity contribution is -0.134. The zero-order chi connectivity index (χ0) is 15.5. The molecule has 2 heteroatoms. The van der Waals surface area contributed by atoms with Crippen molar-refractivity contribution in [1.82, 2.24) is 0 Å². The van der Waals surface area contributed by atoms with Crippen molar-refractivity contribution in [3.63, 3.8) is 0 Å². The summed E-state index contributed by atoms with van der Waals surface area (Å²) in [4.78, 5) is 0. The second-order valence-corrected chi connectivity index (χ2v) is 9.28. The van der Waals surface area contributed by atoms with Gasteiger partial charge in [0, 0.05) is 0 Å². The molecule has 0 aliphatic heterocycles. The average molecular weight is 306 g/mol. The van der Waals surface area contributed by atoms with Gasteiger partial charge in [0.1, 0.15) is 0 Å². The molecule has 0 radical (unpaired) electrons. The predicted octanol–water partition coefficient (Wildman–Crippen LogP) is 4.14. The topological polar surface area (TPSA) is 40.5 Å². The molecule has 4 saturated carbocycles. The van der Waals surface area contributed by atoms with E-state index in [0.29, 0.717) is 0 Å². The van der Waals surface area contributed by atoms with Crippen molar-refractivity contribution < 1.29 is 10.2 Å². The third-order valence-electron chi connectivity index (χ3n) is 8.83. The largest absolute Gasteiger partial charge is 0.393 e. The van der Waals surface area contributed by atoms with Crippen molar-refractivity contribution in [3.05, 3.63) is 0 Å². The van der Waals surface area contributed by atoms with E-state index in [2.05, 4.69) is 13.8 Å². The van der Waals surface area contributed by atoms with Gasteiger partial charge < -0.3 is 10.2 Å². The quantitative estimate of drug-likeness (QED) is 0.764. The average Bonchev–Trinajstić information content (AvgIpc) is 2.79. The summed E-state index contributed by atoms with van der Waals surface area (Å²) in [5, 5.41) is 21.2. The summed E-state index contributed by atoms with van der Waals surface area (Å²) in [6.45, 7) is 4.58. The standard InChI is InChI=1S/C20H34O2/c1-3-20(22)11-9-18-17-6-4-13-12-14(21)5-7-15(13)16(17)8-10-19(18,20)2/h13-18,21-22H,3-12H2,1-2H3/t13-,14-,15+,16-,17-,18-,19-,20+/m1/s1. The van der Waals surface area contributed by atoms with E-state index >= 15 is 0 Å². The number of rotatable bonds is 1. The molecule has 0 aromatic rings. The molecule has 4 aliphatic rings. The highest BCUT2D eigenvalue weighted by atomic mass is 16.3. The van der Waals surface area contributed by atoms with Crippen LogP contribution in [0.25, 0.3) is 0 Å². The van der Waals surface area contributed by atoms with Crippen LogP contribution in [0.1, 0.15) is 78.1 Å². The third-order valence-corrected chi connectivity index (χ3v) is 8.83. The van der Waals surface area contributed by atoms with Gasteiger partial charge in [-0.25, -0.2) is 0 Å². The van der Waals surface area contributed by atoms with Crippen LogP contribution in [-0.2, 0) is 0 Å². The molecule has 8 atom stereocenters. The maximum Gasteiger partial charge on any atom is 0.0701 e. The fraction of sp³-hybridized carbons (Fsp3) is 1.00. The third kappa shape index (κ3) is 1.99. The molecule has 0 spiro atoms. The number of hydrogen-bond acceptors (Lipinski definition) is 2. The fourth-order valence-corrected chi connectivity index (χ4v) is 7.52. The van der Waals surface area contributed by atoms with Crippen molar-refractivity contribution in [2.75, 3.05) is 0 Å². The zero-order valence-corrected chi connectivity index (χ0v) is 14.4. The smallest absolute Gasteiger partial charge is 0.0701 e. The molecule has 0 aromatic carbocycles. The normalized spacial score (nSPS) is 57.8. The Morgan fingerprint density at radius 2 is 1.68 bits per heavy atom. The number of aliphatic hydroxyl groups is 2. The molecule has 126 valence electrons. The first-order valence-electron chi connectivity index (χ1n) is 9.89. The highest BCUT2D eigenvalue weighted by Gasteiger charge is 2.61. The fourth-order valence-electron chi connectivity index (χ4n) is 7.52. The van der Waals surface area contributed by atoms with E-state index in [9.17, 15) is 10.2 Å². The summed E-state index contributed by atoms with van der Waals surface area (Å²) < 4.78 is 0. The van der Waals surface area contributed by atoms with E-state index in [-0.39, 0.29) is 11.5 Å². The molecule has 2 nitrogen and oxygen atoms in total. The van der Waals surface area contributed by atoms with Crippen LogP contribution in [0.2, 0.25) is 0 Å². The van der Waals surface area contributed by atoms with E-state index < -0.39 is 5.60 Å². The van der Waals surface area contributed by atoms with Gasteiger partial charge >= 0.3 is 0 Å². The summed E-state index contributed by atoms with van der Waals surface area (Å²) in [6, 6.07) is 0. The molecule has 4 fully saturated rings. The Labute approximate surface area is 135 Å². The van der Waals surface area contributed by atoms with E-state index in [1.165, 1.54) is 38.5 Å². The van der Waals surface area contributed by atoms with Gasteiger partial charge in [-0.15, -0.1) is 0 Å². The lowest BCUT2D eigenvalue weighted by Gasteiger charge is -2.57. The summed E-state index contributed by atoms with van der Waals surface area (Å²) in [6.07, 6.45) is 11.8. The maximum atomic E-state index is 11.2. The Morgan fingerprint density at radius 1 is 0.909 bits per heavy atom. The minimum atomic E-state index is -0.401. The van der Waals surface area contributed by atoms with Gasteiger partial charge in [-0.3, -0.25) is 0 Å². The van der Waals surface area contributed by atoms with Crippen molar-refractivity contribution in [2.45, 2.75) is 89.8 Å². The molecule has 4 rings (SSSR count). The van der Waals surface area contributed by atoms with Gasteiger partial charge in [-0.2, -0.15) is 0 Å². The van der Waals surface area contributed by atoms with Crippen LogP contribution < -0.4 is 0 Å². The van der Waals surface area contributed by atoms with Gasteiger partial charge in [0.25, 0.3) is 0 Å². The lowest BCUT2D eigenvalue weighted by Crippen LogP contribution is -2.53. The van der Waals surface area contributed by atoms with E-state index in [4.69, 9.17) is 0 Å².